The monoisotopic (exact) mass is 349 g/mol. The van der Waals surface area contributed by atoms with Crippen LogP contribution in [0.5, 0.6) is 0 Å². The molecule has 1 heterocycles. The number of nitrogens with zero attached hydrogens (tertiary/aromatic N) is 1. The SMILES string of the molecule is COC1(C)CCN(C(=O)[C@@H]2CCCC[C@H]2c2cccc(Cl)c2)CC1. The van der Waals surface area contributed by atoms with Gasteiger partial charge in [-0.25, -0.2) is 0 Å². The lowest BCUT2D eigenvalue weighted by atomic mass is 9.74. The molecule has 3 nitrogen and oxygen atoms in total. The van der Waals surface area contributed by atoms with E-state index in [1.54, 1.807) is 7.11 Å². The van der Waals surface area contributed by atoms with Crippen molar-refractivity contribution < 1.29 is 9.53 Å². The molecule has 1 saturated heterocycles. The van der Waals surface area contributed by atoms with Crippen LogP contribution in [0, 0.1) is 5.92 Å². The third-order valence-electron chi connectivity index (χ3n) is 5.99. The molecule has 4 heteroatoms. The zero-order valence-electron chi connectivity index (χ0n) is 14.8. The van der Waals surface area contributed by atoms with E-state index >= 15 is 0 Å². The van der Waals surface area contributed by atoms with E-state index in [1.807, 2.05) is 18.2 Å². The number of hydrogen-bond donors (Lipinski definition) is 0. The molecule has 0 bridgehead atoms. The van der Waals surface area contributed by atoms with Gasteiger partial charge in [-0.3, -0.25) is 4.79 Å². The van der Waals surface area contributed by atoms with Gasteiger partial charge in [0.2, 0.25) is 5.91 Å². The van der Waals surface area contributed by atoms with Gasteiger partial charge in [0.1, 0.15) is 0 Å². The minimum atomic E-state index is -0.0737. The molecule has 1 aromatic rings. The molecule has 2 aliphatic rings. The number of piperidine rings is 1. The summed E-state index contributed by atoms with van der Waals surface area (Å²) in [7, 11) is 1.77. The minimum absolute atomic E-state index is 0.0737. The van der Waals surface area contributed by atoms with E-state index in [0.29, 0.717) is 11.8 Å². The zero-order chi connectivity index (χ0) is 17.2. The molecule has 2 fully saturated rings. The summed E-state index contributed by atoms with van der Waals surface area (Å²) >= 11 is 6.18. The van der Waals surface area contributed by atoms with Crippen LogP contribution < -0.4 is 0 Å². The number of likely N-dealkylation sites (tertiary alicyclic amines) is 1. The first kappa shape index (κ1) is 17.8. The van der Waals surface area contributed by atoms with Gasteiger partial charge in [0.05, 0.1) is 5.60 Å². The Hall–Kier alpha value is -1.06. The summed E-state index contributed by atoms with van der Waals surface area (Å²) in [6, 6.07) is 8.07. The smallest absolute Gasteiger partial charge is 0.226 e. The quantitative estimate of drug-likeness (QED) is 0.795. The first-order valence-electron chi connectivity index (χ1n) is 9.12. The van der Waals surface area contributed by atoms with Gasteiger partial charge in [0, 0.05) is 31.1 Å². The summed E-state index contributed by atoms with van der Waals surface area (Å²) in [5.41, 5.74) is 1.15. The Bertz CT molecular complexity index is 581. The van der Waals surface area contributed by atoms with Gasteiger partial charge in [-0.05, 0) is 56.2 Å². The Morgan fingerprint density at radius 2 is 1.96 bits per heavy atom. The highest BCUT2D eigenvalue weighted by molar-refractivity contribution is 6.30. The number of hydrogen-bond acceptors (Lipinski definition) is 2. The van der Waals surface area contributed by atoms with E-state index in [9.17, 15) is 4.79 Å². The van der Waals surface area contributed by atoms with Gasteiger partial charge in [-0.1, -0.05) is 36.6 Å². The first-order valence-corrected chi connectivity index (χ1v) is 9.50. The van der Waals surface area contributed by atoms with Crippen molar-refractivity contribution in [2.75, 3.05) is 20.2 Å². The lowest BCUT2D eigenvalue weighted by Crippen LogP contribution is -2.49. The number of rotatable bonds is 3. The molecule has 1 aromatic carbocycles. The van der Waals surface area contributed by atoms with Gasteiger partial charge in [-0.15, -0.1) is 0 Å². The summed E-state index contributed by atoms with van der Waals surface area (Å²) in [5, 5.41) is 0.762. The van der Waals surface area contributed by atoms with Crippen LogP contribution >= 0.6 is 11.6 Å². The van der Waals surface area contributed by atoms with Gasteiger partial charge in [0.15, 0.2) is 0 Å². The molecular weight excluding hydrogens is 322 g/mol. The zero-order valence-corrected chi connectivity index (χ0v) is 15.5. The normalized spacial score (nSPS) is 27.0. The van der Waals surface area contributed by atoms with Gasteiger partial charge >= 0.3 is 0 Å². The Morgan fingerprint density at radius 3 is 2.62 bits per heavy atom. The van der Waals surface area contributed by atoms with Crippen LogP contribution in [-0.2, 0) is 9.53 Å². The molecule has 0 unspecified atom stereocenters. The highest BCUT2D eigenvalue weighted by Crippen LogP contribution is 2.40. The van der Waals surface area contributed by atoms with Crippen LogP contribution in [-0.4, -0.2) is 36.6 Å². The van der Waals surface area contributed by atoms with Crippen molar-refractivity contribution >= 4 is 17.5 Å². The number of benzene rings is 1. The minimum Gasteiger partial charge on any atom is -0.378 e. The average molecular weight is 350 g/mol. The molecule has 0 spiro atoms. The van der Waals surface area contributed by atoms with Crippen LogP contribution in [0.1, 0.15) is 56.9 Å². The highest BCUT2D eigenvalue weighted by atomic mass is 35.5. The van der Waals surface area contributed by atoms with Gasteiger partial charge in [-0.2, -0.15) is 0 Å². The van der Waals surface area contributed by atoms with E-state index < -0.39 is 0 Å². The Balaban J connectivity index is 1.72. The fourth-order valence-electron chi connectivity index (χ4n) is 4.20. The molecule has 3 rings (SSSR count). The Morgan fingerprint density at radius 1 is 1.25 bits per heavy atom. The number of halogens is 1. The number of ether oxygens (including phenoxy) is 1. The van der Waals surface area contributed by atoms with Crippen molar-refractivity contribution in [3.05, 3.63) is 34.9 Å². The second-order valence-electron chi connectivity index (χ2n) is 7.53. The number of carbonyl (C=O) groups excluding carboxylic acids is 1. The van der Waals surface area contributed by atoms with Crippen LogP contribution in [0.2, 0.25) is 5.02 Å². The Kier molecular flexibility index (Phi) is 5.51. The maximum atomic E-state index is 13.2. The highest BCUT2D eigenvalue weighted by Gasteiger charge is 2.38. The van der Waals surface area contributed by atoms with Crippen LogP contribution in [0.15, 0.2) is 24.3 Å². The fourth-order valence-corrected chi connectivity index (χ4v) is 4.40. The van der Waals surface area contributed by atoms with Crippen molar-refractivity contribution in [3.63, 3.8) is 0 Å². The maximum absolute atomic E-state index is 13.2. The lowest BCUT2D eigenvalue weighted by molar-refractivity contribution is -0.142. The predicted octanol–water partition coefficient (Wildman–Crippen LogP) is 4.64. The Labute approximate surface area is 150 Å². The third kappa shape index (κ3) is 3.78. The van der Waals surface area contributed by atoms with Gasteiger partial charge in [0.25, 0.3) is 0 Å². The molecule has 0 N–H and O–H groups in total. The molecule has 132 valence electrons. The van der Waals surface area contributed by atoms with Crippen molar-refractivity contribution in [1.82, 2.24) is 4.90 Å². The molecular formula is C20H28ClNO2. The standard InChI is InChI=1S/C20H28ClNO2/c1-20(24-2)10-12-22(13-11-20)19(23)18-9-4-3-8-17(18)15-6-5-7-16(21)14-15/h5-7,14,17-18H,3-4,8-13H2,1-2H3/t17-,18+/m0/s1. The molecule has 1 aliphatic heterocycles. The molecule has 24 heavy (non-hydrogen) atoms. The average Bonchev–Trinajstić information content (AvgIpc) is 2.62. The number of carbonyl (C=O) groups is 1. The summed E-state index contributed by atoms with van der Waals surface area (Å²) in [4.78, 5) is 15.2. The molecule has 0 radical (unpaired) electrons. The second kappa shape index (κ2) is 7.45. The van der Waals surface area contributed by atoms with E-state index in [4.69, 9.17) is 16.3 Å². The maximum Gasteiger partial charge on any atom is 0.226 e. The first-order chi connectivity index (χ1) is 11.5. The molecule has 1 aliphatic carbocycles. The van der Waals surface area contributed by atoms with Crippen LogP contribution in [0.4, 0.5) is 0 Å². The molecule has 0 aromatic heterocycles. The van der Waals surface area contributed by atoms with Crippen molar-refractivity contribution in [2.24, 2.45) is 5.92 Å². The topological polar surface area (TPSA) is 29.5 Å². The third-order valence-corrected chi connectivity index (χ3v) is 6.22. The van der Waals surface area contributed by atoms with E-state index in [2.05, 4.69) is 17.9 Å². The van der Waals surface area contributed by atoms with Crippen molar-refractivity contribution in [1.29, 1.82) is 0 Å². The lowest BCUT2D eigenvalue weighted by Gasteiger charge is -2.41. The van der Waals surface area contributed by atoms with Crippen molar-refractivity contribution in [3.8, 4) is 0 Å². The van der Waals surface area contributed by atoms with E-state index in [0.717, 1.165) is 50.2 Å². The van der Waals surface area contributed by atoms with E-state index in [1.165, 1.54) is 12.0 Å². The second-order valence-corrected chi connectivity index (χ2v) is 7.97. The largest absolute Gasteiger partial charge is 0.378 e. The van der Waals surface area contributed by atoms with Crippen LogP contribution in [0.3, 0.4) is 0 Å². The predicted molar refractivity (Wildman–Crippen MR) is 97.4 cm³/mol. The molecule has 1 amide bonds. The number of amides is 1. The summed E-state index contributed by atoms with van der Waals surface area (Å²) in [6.45, 7) is 3.76. The van der Waals surface area contributed by atoms with Crippen LogP contribution in [0.25, 0.3) is 0 Å². The molecule has 2 atom stereocenters. The summed E-state index contributed by atoms with van der Waals surface area (Å²) < 4.78 is 5.60. The van der Waals surface area contributed by atoms with Crippen molar-refractivity contribution in [2.45, 2.75) is 57.0 Å². The van der Waals surface area contributed by atoms with E-state index in [-0.39, 0.29) is 11.5 Å². The number of methoxy groups -OCH3 is 1. The molecule has 1 saturated carbocycles. The summed E-state index contributed by atoms with van der Waals surface area (Å²) in [6.07, 6.45) is 6.27. The van der Waals surface area contributed by atoms with Gasteiger partial charge < -0.3 is 9.64 Å². The fraction of sp³-hybridized carbons (Fsp3) is 0.650. The summed E-state index contributed by atoms with van der Waals surface area (Å²) in [5.74, 6) is 0.739.